The van der Waals surface area contributed by atoms with Crippen LogP contribution in [0.2, 0.25) is 6.04 Å². The Labute approximate surface area is 330 Å². The van der Waals surface area contributed by atoms with Crippen LogP contribution in [0.4, 0.5) is 0 Å². The summed E-state index contributed by atoms with van der Waals surface area (Å²) in [5.41, 5.74) is 0. The van der Waals surface area contributed by atoms with Gasteiger partial charge in [-0.3, -0.25) is 0 Å². The van der Waals surface area contributed by atoms with Crippen molar-refractivity contribution in [3.05, 3.63) is 0 Å². The SMILES string of the molecule is CCCCCCCCCCCCCCCCCCCCCCCCCC[SiH2]O[SiH2]O[SiH2]O[SiH2]O[SiH2]O[SiH2]O[SiH2]O[SiH2]O[SiH2]O[SiH2]O[SiH2]O[SiH3]. The van der Waals surface area contributed by atoms with E-state index in [0.717, 1.165) is 10.5 Å². The van der Waals surface area contributed by atoms with Gasteiger partial charge < -0.3 is 45.3 Å². The Morgan fingerprint density at radius 3 is 0.776 bits per heavy atom. The van der Waals surface area contributed by atoms with Gasteiger partial charge in [0.05, 0.1) is 0 Å². The summed E-state index contributed by atoms with van der Waals surface area (Å²) in [6, 6.07) is 1.29. The maximum absolute atomic E-state index is 5.85. The van der Waals surface area contributed by atoms with Crippen molar-refractivity contribution in [2.75, 3.05) is 0 Å². The maximum atomic E-state index is 5.85. The van der Waals surface area contributed by atoms with Crippen LogP contribution in [-0.2, 0) is 45.3 Å². The van der Waals surface area contributed by atoms with Gasteiger partial charge in [0.15, 0.2) is 0 Å². The van der Waals surface area contributed by atoms with Crippen LogP contribution in [0, 0.1) is 0 Å². The van der Waals surface area contributed by atoms with Crippen molar-refractivity contribution in [2.45, 2.75) is 167 Å². The van der Waals surface area contributed by atoms with Crippen LogP contribution < -0.4 is 0 Å². The van der Waals surface area contributed by atoms with Crippen LogP contribution in [0.5, 0.6) is 0 Å². The van der Waals surface area contributed by atoms with Crippen LogP contribution in [-0.4, -0.2) is 120 Å². The van der Waals surface area contributed by atoms with E-state index in [-0.39, 0.29) is 0 Å². The van der Waals surface area contributed by atoms with Crippen molar-refractivity contribution < 1.29 is 45.3 Å². The smallest absolute Gasteiger partial charge is 0.286 e. The van der Waals surface area contributed by atoms with Gasteiger partial charge in [-0.05, 0) is 6.04 Å². The fourth-order valence-electron chi connectivity index (χ4n) is 5.32. The third-order valence-corrected chi connectivity index (χ3v) is 23.6. The fourth-order valence-corrected chi connectivity index (χ4v) is 25.6. The molecule has 0 radical (unpaired) electrons. The zero-order valence-corrected chi connectivity index (χ0v) is 49.5. The molecule has 0 aromatic rings. The molecule has 0 aromatic heterocycles. The van der Waals surface area contributed by atoms with Gasteiger partial charge in [0, 0.05) is 0 Å². The molecular weight excluding hydrogens is 825 g/mol. The van der Waals surface area contributed by atoms with E-state index in [1.165, 1.54) is 160 Å². The minimum absolute atomic E-state index is 0.391. The molecule has 0 saturated carbocycles. The molecule has 0 saturated heterocycles. The van der Waals surface area contributed by atoms with E-state index in [1.807, 2.05) is 0 Å². The highest BCUT2D eigenvalue weighted by Crippen LogP contribution is 2.15. The first-order valence-corrected chi connectivity index (χ1v) is 33.6. The van der Waals surface area contributed by atoms with Crippen LogP contribution in [0.3, 0.4) is 0 Å². The molecule has 11 nitrogen and oxygen atoms in total. The molecule has 0 heterocycles. The largest absolute Gasteiger partial charge is 0.449 e. The third-order valence-electron chi connectivity index (χ3n) is 8.09. The molecule has 0 aliphatic carbocycles. The Bertz CT molecular complexity index is 548. The van der Waals surface area contributed by atoms with Gasteiger partial charge in [0.25, 0.3) is 100 Å². The molecule has 0 bridgehead atoms. The summed E-state index contributed by atoms with van der Waals surface area (Å²) in [7, 11) is -8.80. The van der Waals surface area contributed by atoms with Gasteiger partial charge in [0.2, 0.25) is 0 Å². The van der Waals surface area contributed by atoms with Gasteiger partial charge in [0.1, 0.15) is 20.2 Å². The lowest BCUT2D eigenvalue weighted by Crippen LogP contribution is -2.21. The minimum atomic E-state index is -0.980. The highest BCUT2D eigenvalue weighted by molar-refractivity contribution is 6.50. The van der Waals surface area contributed by atoms with Gasteiger partial charge >= 0.3 is 0 Å². The summed E-state index contributed by atoms with van der Waals surface area (Å²) in [5.74, 6) is 0. The monoisotopic (exact) mass is 902 g/mol. The second-order valence-corrected chi connectivity index (χ2v) is 34.8. The number of rotatable bonds is 46. The summed E-state index contributed by atoms with van der Waals surface area (Å²) >= 11 is 0. The molecule has 0 aromatic carbocycles. The first kappa shape index (κ1) is 51.2. The molecule has 0 N–H and O–H groups in total. The predicted molar refractivity (Wildman–Crippen MR) is 237 cm³/mol. The summed E-state index contributed by atoms with van der Waals surface area (Å²) in [5, 5.41) is 0. The van der Waals surface area contributed by atoms with Gasteiger partial charge in [-0.1, -0.05) is 161 Å². The minimum Gasteiger partial charge on any atom is -0.449 e. The Hall–Kier alpha value is 2.16. The van der Waals surface area contributed by atoms with E-state index in [2.05, 4.69) is 6.92 Å². The highest BCUT2D eigenvalue weighted by atomic mass is 28.4. The van der Waals surface area contributed by atoms with Crippen molar-refractivity contribution in [2.24, 2.45) is 0 Å². The molecule has 0 aliphatic rings. The lowest BCUT2D eigenvalue weighted by atomic mass is 10.0. The molecule has 0 amide bonds. The first-order valence-electron chi connectivity index (χ1n) is 19.7. The Balaban J connectivity index is 3.04. The lowest BCUT2D eigenvalue weighted by Gasteiger charge is -2.09. The summed E-state index contributed by atoms with van der Waals surface area (Å²) in [4.78, 5) is 0. The molecule has 0 fully saturated rings. The van der Waals surface area contributed by atoms with Gasteiger partial charge in [-0.25, -0.2) is 0 Å². The first-order chi connectivity index (χ1) is 24.4. The molecule has 0 atom stereocenters. The zero-order chi connectivity index (χ0) is 35.2. The molecule has 0 unspecified atom stereocenters. The molecule has 0 aliphatic heterocycles. The standard InChI is InChI=1S/C26H78O11Si12/c1-2-3-4-5-6-7-8-9-10-11-12-13-14-15-16-17-18-19-20-21-22-23-24-25-26-39-28-41-30-43-32-45-34-47-36-49-37-48-35-46-33-44-31-42-29-40-27-38/h2-26,39-49H2,1,38H3. The Morgan fingerprint density at radius 2 is 0.510 bits per heavy atom. The Morgan fingerprint density at radius 1 is 0.286 bits per heavy atom. The average Bonchev–Trinajstić information content (AvgIpc) is 3.11. The summed E-state index contributed by atoms with van der Waals surface area (Å²) in [6.45, 7) is 2.30. The van der Waals surface area contributed by atoms with E-state index < -0.39 is 110 Å². The number of hydrogen-bond acceptors (Lipinski definition) is 11. The quantitative estimate of drug-likeness (QED) is 0.0518. The zero-order valence-electron chi connectivity index (χ0n) is 31.9. The van der Waals surface area contributed by atoms with Crippen LogP contribution >= 0.6 is 0 Å². The summed E-state index contributed by atoms with van der Waals surface area (Å²) in [6.07, 6.45) is 34.6. The number of unbranched alkanes of at least 4 members (excludes halogenated alkanes) is 23. The molecule has 23 heteroatoms. The summed E-state index contributed by atoms with van der Waals surface area (Å²) < 4.78 is 60.4. The van der Waals surface area contributed by atoms with E-state index in [1.54, 1.807) is 0 Å². The maximum Gasteiger partial charge on any atom is 0.286 e. The van der Waals surface area contributed by atoms with Gasteiger partial charge in [-0.2, -0.15) is 0 Å². The van der Waals surface area contributed by atoms with E-state index in [9.17, 15) is 0 Å². The van der Waals surface area contributed by atoms with Crippen LogP contribution in [0.1, 0.15) is 161 Å². The second-order valence-electron chi connectivity index (χ2n) is 12.7. The lowest BCUT2D eigenvalue weighted by molar-refractivity contribution is 0.360. The molecule has 49 heavy (non-hydrogen) atoms. The van der Waals surface area contributed by atoms with E-state index in [4.69, 9.17) is 45.3 Å². The topological polar surface area (TPSA) is 102 Å². The molecule has 0 spiro atoms. The third kappa shape index (κ3) is 50.2. The van der Waals surface area contributed by atoms with Gasteiger partial charge in [-0.15, -0.1) is 0 Å². The van der Waals surface area contributed by atoms with Crippen LogP contribution in [0.15, 0.2) is 0 Å². The fraction of sp³-hybridized carbons (Fsp3) is 1.00. The van der Waals surface area contributed by atoms with Crippen molar-refractivity contribution in [3.63, 3.8) is 0 Å². The van der Waals surface area contributed by atoms with Crippen molar-refractivity contribution in [1.82, 2.24) is 0 Å². The molecular formula is C26H78O11Si12. The average molecular weight is 904 g/mol. The van der Waals surface area contributed by atoms with Crippen molar-refractivity contribution in [1.29, 1.82) is 0 Å². The Kier molecular flexibility index (Phi) is 52.4. The normalized spacial score (nSPS) is 14.4. The predicted octanol–water partition coefficient (Wildman–Crippen LogP) is -1.68. The molecule has 0 rings (SSSR count). The highest BCUT2D eigenvalue weighted by Gasteiger charge is 1.99. The van der Waals surface area contributed by atoms with Crippen molar-refractivity contribution in [3.8, 4) is 0 Å². The van der Waals surface area contributed by atoms with E-state index in [0.29, 0.717) is 0 Å². The van der Waals surface area contributed by atoms with Crippen molar-refractivity contribution >= 4 is 120 Å². The second kappa shape index (κ2) is 50.2. The molecule has 296 valence electrons. The van der Waals surface area contributed by atoms with E-state index >= 15 is 0 Å². The number of hydrogen-bond donors (Lipinski definition) is 0. The van der Waals surface area contributed by atoms with Crippen LogP contribution in [0.25, 0.3) is 0 Å².